The van der Waals surface area contributed by atoms with Crippen LogP contribution in [0.5, 0.6) is 0 Å². The molecular formula is C16H30N2O3. The lowest BCUT2D eigenvalue weighted by Crippen LogP contribution is -2.63. The molecule has 2 rings (SSSR count). The maximum Gasteiger partial charge on any atom is 0.315 e. The van der Waals surface area contributed by atoms with Crippen LogP contribution in [0, 0.1) is 10.8 Å². The minimum Gasteiger partial charge on any atom is -0.396 e. The number of aliphatic hydroxyl groups is 1. The molecule has 5 heteroatoms. The molecule has 2 saturated carbocycles. The maximum absolute atomic E-state index is 11.9. The minimum atomic E-state index is -0.125. The molecule has 2 amide bonds. The van der Waals surface area contributed by atoms with E-state index in [1.165, 1.54) is 0 Å². The molecule has 2 unspecified atom stereocenters. The number of carbonyl (C=O) groups excluding carboxylic acids is 1. The van der Waals surface area contributed by atoms with Crippen LogP contribution in [0.15, 0.2) is 0 Å². The molecule has 3 N–H and O–H groups in total. The SMILES string of the molecule is CCCCOC1CC(NC(=O)NCC2(CO)CC2)C1(C)C. The Bertz CT molecular complexity index is 367. The number of aliphatic hydroxyl groups excluding tert-OH is 1. The molecule has 0 radical (unpaired) electrons. The van der Waals surface area contributed by atoms with Crippen molar-refractivity contribution in [2.24, 2.45) is 10.8 Å². The summed E-state index contributed by atoms with van der Waals surface area (Å²) in [5, 5.41) is 15.2. The van der Waals surface area contributed by atoms with E-state index in [4.69, 9.17) is 4.74 Å². The van der Waals surface area contributed by atoms with Gasteiger partial charge in [-0.25, -0.2) is 4.79 Å². The second kappa shape index (κ2) is 6.53. The zero-order valence-corrected chi connectivity index (χ0v) is 13.6. The first-order valence-electron chi connectivity index (χ1n) is 8.20. The fourth-order valence-electron chi connectivity index (χ4n) is 2.83. The van der Waals surface area contributed by atoms with Crippen LogP contribution in [0.3, 0.4) is 0 Å². The monoisotopic (exact) mass is 298 g/mol. The summed E-state index contributed by atoms with van der Waals surface area (Å²) in [5.41, 5.74) is -0.0579. The molecule has 0 heterocycles. The topological polar surface area (TPSA) is 70.6 Å². The Morgan fingerprint density at radius 1 is 1.38 bits per heavy atom. The van der Waals surface area contributed by atoms with Crippen molar-refractivity contribution in [3.8, 4) is 0 Å². The quantitative estimate of drug-likeness (QED) is 0.601. The number of unbranched alkanes of at least 4 members (excludes halogenated alkanes) is 1. The second-order valence-corrected chi connectivity index (χ2v) is 7.31. The first-order valence-corrected chi connectivity index (χ1v) is 8.20. The van der Waals surface area contributed by atoms with Crippen molar-refractivity contribution in [2.45, 2.75) is 65.0 Å². The van der Waals surface area contributed by atoms with Crippen LogP contribution in [0.2, 0.25) is 0 Å². The smallest absolute Gasteiger partial charge is 0.315 e. The summed E-state index contributed by atoms with van der Waals surface area (Å²) in [5.74, 6) is 0. The van der Waals surface area contributed by atoms with Crippen LogP contribution in [0.25, 0.3) is 0 Å². The number of amides is 2. The standard InChI is InChI=1S/C16H30N2O3/c1-4-5-8-21-13-9-12(15(13,2)3)18-14(20)17-10-16(11-19)6-7-16/h12-13,19H,4-11H2,1-3H3,(H2,17,18,20). The fraction of sp³-hybridized carbons (Fsp3) is 0.938. The zero-order chi connectivity index (χ0) is 15.5. The Hall–Kier alpha value is -0.810. The molecule has 0 spiro atoms. The van der Waals surface area contributed by atoms with Gasteiger partial charge in [0.15, 0.2) is 0 Å². The predicted octanol–water partition coefficient (Wildman–Crippen LogP) is 2.04. The fourth-order valence-corrected chi connectivity index (χ4v) is 2.83. The molecular weight excluding hydrogens is 268 g/mol. The highest BCUT2D eigenvalue weighted by Crippen LogP contribution is 2.44. The van der Waals surface area contributed by atoms with Gasteiger partial charge in [0.05, 0.1) is 12.7 Å². The number of nitrogens with one attached hydrogen (secondary N) is 2. The van der Waals surface area contributed by atoms with E-state index in [2.05, 4.69) is 31.4 Å². The molecule has 21 heavy (non-hydrogen) atoms. The van der Waals surface area contributed by atoms with Gasteiger partial charge in [-0.1, -0.05) is 27.2 Å². The summed E-state index contributed by atoms with van der Waals surface area (Å²) >= 11 is 0. The van der Waals surface area contributed by atoms with E-state index in [9.17, 15) is 9.90 Å². The lowest BCUT2D eigenvalue weighted by molar-refractivity contribution is -0.114. The van der Waals surface area contributed by atoms with Crippen LogP contribution in [0.4, 0.5) is 4.79 Å². The Morgan fingerprint density at radius 2 is 2.10 bits per heavy atom. The lowest BCUT2D eigenvalue weighted by Gasteiger charge is -2.51. The van der Waals surface area contributed by atoms with Gasteiger partial charge >= 0.3 is 6.03 Å². The number of urea groups is 1. The van der Waals surface area contributed by atoms with E-state index in [1.807, 2.05) is 0 Å². The Kier molecular flexibility index (Phi) is 5.15. The number of ether oxygens (including phenoxy) is 1. The highest BCUT2D eigenvalue weighted by Gasteiger charge is 2.50. The van der Waals surface area contributed by atoms with Gasteiger partial charge in [-0.2, -0.15) is 0 Å². The molecule has 2 fully saturated rings. The van der Waals surface area contributed by atoms with Crippen molar-refractivity contribution in [3.63, 3.8) is 0 Å². The molecule has 0 aromatic heterocycles. The van der Waals surface area contributed by atoms with E-state index >= 15 is 0 Å². The van der Waals surface area contributed by atoms with Crippen molar-refractivity contribution in [1.29, 1.82) is 0 Å². The molecule has 0 aromatic rings. The molecule has 0 aliphatic heterocycles. The van der Waals surface area contributed by atoms with Crippen LogP contribution >= 0.6 is 0 Å². The molecule has 0 aromatic carbocycles. The Labute approximate surface area is 127 Å². The first-order chi connectivity index (χ1) is 9.93. The van der Waals surface area contributed by atoms with E-state index in [0.717, 1.165) is 38.7 Å². The normalized spacial score (nSPS) is 28.6. The van der Waals surface area contributed by atoms with Crippen LogP contribution in [-0.4, -0.2) is 43.0 Å². The number of carbonyl (C=O) groups is 1. The van der Waals surface area contributed by atoms with Crippen LogP contribution in [-0.2, 0) is 4.74 Å². The summed E-state index contributed by atoms with van der Waals surface area (Å²) in [6, 6.07) is 0.0354. The molecule has 0 saturated heterocycles. The van der Waals surface area contributed by atoms with Gasteiger partial charge in [0.1, 0.15) is 0 Å². The average molecular weight is 298 g/mol. The molecule has 2 aliphatic rings. The molecule has 0 bridgehead atoms. The average Bonchev–Trinajstić information content (AvgIpc) is 3.24. The van der Waals surface area contributed by atoms with Crippen molar-refractivity contribution >= 4 is 6.03 Å². The number of hydrogen-bond acceptors (Lipinski definition) is 3. The Morgan fingerprint density at radius 3 is 2.62 bits per heavy atom. The summed E-state index contributed by atoms with van der Waals surface area (Å²) < 4.78 is 5.88. The third kappa shape index (κ3) is 3.89. The van der Waals surface area contributed by atoms with Crippen molar-refractivity contribution in [1.82, 2.24) is 10.6 Å². The van der Waals surface area contributed by atoms with Gasteiger partial charge in [0.25, 0.3) is 0 Å². The molecule has 122 valence electrons. The molecule has 2 atom stereocenters. The predicted molar refractivity (Wildman–Crippen MR) is 82.1 cm³/mol. The van der Waals surface area contributed by atoms with Gasteiger partial charge in [-0.3, -0.25) is 0 Å². The van der Waals surface area contributed by atoms with Gasteiger partial charge in [-0.15, -0.1) is 0 Å². The van der Waals surface area contributed by atoms with E-state index in [0.29, 0.717) is 6.54 Å². The number of hydrogen-bond donors (Lipinski definition) is 3. The summed E-state index contributed by atoms with van der Waals surface area (Å²) in [6.07, 6.45) is 5.37. The third-order valence-corrected chi connectivity index (χ3v) is 5.22. The Balaban J connectivity index is 1.68. The van der Waals surface area contributed by atoms with Crippen molar-refractivity contribution in [2.75, 3.05) is 19.8 Å². The van der Waals surface area contributed by atoms with Crippen LogP contribution < -0.4 is 10.6 Å². The van der Waals surface area contributed by atoms with E-state index < -0.39 is 0 Å². The minimum absolute atomic E-state index is 0.0146. The van der Waals surface area contributed by atoms with Crippen molar-refractivity contribution in [3.05, 3.63) is 0 Å². The van der Waals surface area contributed by atoms with Gasteiger partial charge in [-0.05, 0) is 25.7 Å². The summed E-state index contributed by atoms with van der Waals surface area (Å²) in [7, 11) is 0. The lowest BCUT2D eigenvalue weighted by atomic mass is 9.64. The van der Waals surface area contributed by atoms with Crippen molar-refractivity contribution < 1.29 is 14.6 Å². The largest absolute Gasteiger partial charge is 0.396 e. The maximum atomic E-state index is 11.9. The molecule has 5 nitrogen and oxygen atoms in total. The zero-order valence-electron chi connectivity index (χ0n) is 13.6. The van der Waals surface area contributed by atoms with Gasteiger partial charge in [0, 0.05) is 30.0 Å². The number of rotatable bonds is 8. The first kappa shape index (κ1) is 16.6. The highest BCUT2D eigenvalue weighted by molar-refractivity contribution is 5.74. The highest BCUT2D eigenvalue weighted by atomic mass is 16.5. The van der Waals surface area contributed by atoms with Crippen LogP contribution in [0.1, 0.15) is 52.9 Å². The van der Waals surface area contributed by atoms with Gasteiger partial charge < -0.3 is 20.5 Å². The van der Waals surface area contributed by atoms with Gasteiger partial charge in [0.2, 0.25) is 0 Å². The second-order valence-electron chi connectivity index (χ2n) is 7.31. The summed E-state index contributed by atoms with van der Waals surface area (Å²) in [6.45, 7) is 7.99. The third-order valence-electron chi connectivity index (χ3n) is 5.22. The summed E-state index contributed by atoms with van der Waals surface area (Å²) in [4.78, 5) is 11.9. The van der Waals surface area contributed by atoms with E-state index in [-0.39, 0.29) is 35.6 Å². The molecule has 2 aliphatic carbocycles. The van der Waals surface area contributed by atoms with E-state index in [1.54, 1.807) is 0 Å².